The van der Waals surface area contributed by atoms with Gasteiger partial charge in [-0.05, 0) is 52.0 Å². The molecule has 2 aromatic carbocycles. The summed E-state index contributed by atoms with van der Waals surface area (Å²) in [6.45, 7) is 7.65. The molecule has 0 atom stereocenters. The van der Waals surface area contributed by atoms with Gasteiger partial charge in [0.1, 0.15) is 50.9 Å². The molecule has 42 heavy (non-hydrogen) atoms. The number of ether oxygens (including phenoxy) is 6. The van der Waals surface area contributed by atoms with Crippen molar-refractivity contribution in [1.82, 2.24) is 0 Å². The van der Waals surface area contributed by atoms with Gasteiger partial charge in [0.2, 0.25) is 0 Å². The van der Waals surface area contributed by atoms with Crippen LogP contribution >= 0.6 is 0 Å². The third kappa shape index (κ3) is 12.4. The number of hydrogen-bond donors (Lipinski definition) is 0. The van der Waals surface area contributed by atoms with E-state index in [-0.39, 0.29) is 65.8 Å². The van der Waals surface area contributed by atoms with E-state index in [1.165, 1.54) is 0 Å². The van der Waals surface area contributed by atoms with Gasteiger partial charge >= 0.3 is 23.9 Å². The molecule has 0 aromatic heterocycles. The van der Waals surface area contributed by atoms with Gasteiger partial charge in [0.05, 0.1) is 26.4 Å². The molecule has 230 valence electrons. The first-order chi connectivity index (χ1) is 20.3. The lowest BCUT2D eigenvalue weighted by molar-refractivity contribution is -0.144. The quantitative estimate of drug-likeness (QED) is 0.136. The van der Waals surface area contributed by atoms with Crippen molar-refractivity contribution in [2.75, 3.05) is 75.6 Å². The summed E-state index contributed by atoms with van der Waals surface area (Å²) in [6.07, 6.45) is 0. The van der Waals surface area contributed by atoms with E-state index in [1.807, 2.05) is 0 Å². The van der Waals surface area contributed by atoms with Gasteiger partial charge in [-0.2, -0.15) is 0 Å². The predicted octanol–water partition coefficient (Wildman–Crippen LogP) is 3.01. The lowest BCUT2D eigenvalue weighted by Crippen LogP contribution is -2.36. The fourth-order valence-electron chi connectivity index (χ4n) is 3.79. The maximum absolute atomic E-state index is 12.1. The topological polar surface area (TPSA) is 130 Å². The zero-order chi connectivity index (χ0) is 30.7. The molecule has 2 aromatic rings. The van der Waals surface area contributed by atoms with Gasteiger partial charge in [0, 0.05) is 23.5 Å². The number of anilines is 2. The summed E-state index contributed by atoms with van der Waals surface area (Å²) in [7, 11) is 0. The van der Waals surface area contributed by atoms with Crippen molar-refractivity contribution in [3.8, 4) is 11.5 Å². The molecule has 0 aliphatic carbocycles. The highest BCUT2D eigenvalue weighted by molar-refractivity contribution is 5.82. The van der Waals surface area contributed by atoms with E-state index < -0.39 is 23.9 Å². The van der Waals surface area contributed by atoms with Crippen molar-refractivity contribution in [2.24, 2.45) is 0 Å². The Hall–Kier alpha value is -4.48. The van der Waals surface area contributed by atoms with Gasteiger partial charge in [-0.25, -0.2) is 0 Å². The Morgan fingerprint density at radius 1 is 0.524 bits per heavy atom. The fourth-order valence-corrected chi connectivity index (χ4v) is 3.79. The van der Waals surface area contributed by atoms with Crippen LogP contribution in [-0.2, 0) is 38.1 Å². The van der Waals surface area contributed by atoms with Crippen LogP contribution < -0.4 is 19.3 Å². The zero-order valence-electron chi connectivity index (χ0n) is 24.7. The first kappa shape index (κ1) is 33.7. The molecule has 0 saturated heterocycles. The van der Waals surface area contributed by atoms with Crippen molar-refractivity contribution < 1.29 is 47.6 Å². The summed E-state index contributed by atoms with van der Waals surface area (Å²) in [5.41, 5.74) is 1.18. The molecule has 0 amide bonds. The third-order valence-corrected chi connectivity index (χ3v) is 5.49. The van der Waals surface area contributed by atoms with Gasteiger partial charge in [-0.1, -0.05) is 12.1 Å². The summed E-state index contributed by atoms with van der Waals surface area (Å²) in [4.78, 5) is 51.6. The largest absolute Gasteiger partial charge is 0.490 e. The third-order valence-electron chi connectivity index (χ3n) is 5.49. The number of rotatable bonds is 19. The molecule has 0 N–H and O–H groups in total. The van der Waals surface area contributed by atoms with Crippen LogP contribution in [0, 0.1) is 0 Å². The van der Waals surface area contributed by atoms with Crippen molar-refractivity contribution >= 4 is 35.3 Å². The molecule has 0 radical (unpaired) electrons. The monoisotopic (exact) mass is 588 g/mol. The van der Waals surface area contributed by atoms with Crippen LogP contribution in [0.2, 0.25) is 0 Å². The van der Waals surface area contributed by atoms with Gasteiger partial charge in [0.25, 0.3) is 0 Å². The van der Waals surface area contributed by atoms with Crippen molar-refractivity contribution in [3.63, 3.8) is 0 Å². The number of benzene rings is 2. The van der Waals surface area contributed by atoms with E-state index >= 15 is 0 Å². The molecule has 0 heterocycles. The van der Waals surface area contributed by atoms with Crippen molar-refractivity contribution in [1.29, 1.82) is 0 Å². The second-order valence-corrected chi connectivity index (χ2v) is 8.62. The molecule has 12 heteroatoms. The minimum absolute atomic E-state index is 0.126. The van der Waals surface area contributed by atoms with Crippen molar-refractivity contribution in [3.05, 3.63) is 48.5 Å². The van der Waals surface area contributed by atoms with Crippen LogP contribution in [0.15, 0.2) is 48.5 Å². The maximum Gasteiger partial charge on any atom is 0.325 e. The number of hydrogen-bond acceptors (Lipinski definition) is 12. The Labute approximate surface area is 246 Å². The second-order valence-electron chi connectivity index (χ2n) is 8.62. The first-order valence-corrected chi connectivity index (χ1v) is 13.9. The van der Waals surface area contributed by atoms with Crippen LogP contribution in [-0.4, -0.2) is 89.7 Å². The molecular weight excluding hydrogens is 548 g/mol. The lowest BCUT2D eigenvalue weighted by Gasteiger charge is -2.23. The summed E-state index contributed by atoms with van der Waals surface area (Å²) in [5, 5.41) is 0. The van der Waals surface area contributed by atoms with E-state index in [9.17, 15) is 19.2 Å². The normalized spacial score (nSPS) is 10.3. The molecule has 0 bridgehead atoms. The maximum atomic E-state index is 12.1. The Morgan fingerprint density at radius 3 is 1.12 bits per heavy atom. The average molecular weight is 589 g/mol. The molecule has 2 rings (SSSR count). The highest BCUT2D eigenvalue weighted by Gasteiger charge is 2.19. The molecule has 12 nitrogen and oxygen atoms in total. The fraction of sp³-hybridized carbons (Fsp3) is 0.467. The second kappa shape index (κ2) is 18.8. The molecule has 0 unspecified atom stereocenters. The Balaban J connectivity index is 2.03. The van der Waals surface area contributed by atoms with Crippen LogP contribution in [0.5, 0.6) is 11.5 Å². The minimum Gasteiger partial charge on any atom is -0.490 e. The summed E-state index contributed by atoms with van der Waals surface area (Å²) >= 11 is 0. The smallest absolute Gasteiger partial charge is 0.325 e. The Morgan fingerprint density at radius 2 is 0.833 bits per heavy atom. The van der Waals surface area contributed by atoms with E-state index in [2.05, 4.69) is 0 Å². The number of carbonyl (C=O) groups excluding carboxylic acids is 4. The zero-order valence-corrected chi connectivity index (χ0v) is 24.7. The van der Waals surface area contributed by atoms with E-state index in [1.54, 1.807) is 86.0 Å². The molecular formula is C30H40N2O10. The molecule has 0 saturated carbocycles. The van der Waals surface area contributed by atoms with E-state index in [0.717, 1.165) is 0 Å². The van der Waals surface area contributed by atoms with Gasteiger partial charge in [-0.15, -0.1) is 0 Å². The molecule has 0 spiro atoms. The van der Waals surface area contributed by atoms with Crippen LogP contribution in [0.1, 0.15) is 27.7 Å². The molecule has 0 fully saturated rings. The average Bonchev–Trinajstić information content (AvgIpc) is 2.95. The summed E-state index contributed by atoms with van der Waals surface area (Å²) in [6, 6.07) is 13.9. The number of esters is 4. The minimum atomic E-state index is -0.466. The summed E-state index contributed by atoms with van der Waals surface area (Å²) < 4.78 is 31.8. The van der Waals surface area contributed by atoms with Gasteiger partial charge in [-0.3, -0.25) is 19.2 Å². The molecule has 0 aliphatic rings. The SMILES string of the molecule is CCOC(=O)CN(CC(=O)OCC)c1cccc(OCCOc2cccc(N(CC(=O)OCC)CC(=O)OCC)c2)c1. The van der Waals surface area contributed by atoms with E-state index in [0.29, 0.717) is 22.9 Å². The lowest BCUT2D eigenvalue weighted by atomic mass is 10.2. The Kier molecular flexibility index (Phi) is 15.1. The standard InChI is InChI=1S/C30H40N2O10/c1-5-37-27(33)19-31(20-28(34)38-6-2)23-11-9-13-25(17-23)41-15-16-42-26-14-10-12-24(18-26)32(21-29(35)39-7-3)22-30(36)40-8-4/h9-14,17-18H,5-8,15-16,19-22H2,1-4H3. The summed E-state index contributed by atoms with van der Waals surface area (Å²) in [5.74, 6) is -0.840. The number of nitrogens with zero attached hydrogens (tertiary/aromatic N) is 2. The van der Waals surface area contributed by atoms with Crippen LogP contribution in [0.3, 0.4) is 0 Å². The van der Waals surface area contributed by atoms with Gasteiger partial charge in [0.15, 0.2) is 0 Å². The Bertz CT molecular complexity index is 1030. The van der Waals surface area contributed by atoms with Crippen molar-refractivity contribution in [2.45, 2.75) is 27.7 Å². The van der Waals surface area contributed by atoms with Crippen LogP contribution in [0.4, 0.5) is 11.4 Å². The van der Waals surface area contributed by atoms with Crippen LogP contribution in [0.25, 0.3) is 0 Å². The highest BCUT2D eigenvalue weighted by atomic mass is 16.5. The molecule has 0 aliphatic heterocycles. The highest BCUT2D eigenvalue weighted by Crippen LogP contribution is 2.23. The van der Waals surface area contributed by atoms with E-state index in [4.69, 9.17) is 28.4 Å². The first-order valence-electron chi connectivity index (χ1n) is 13.9. The number of carbonyl (C=O) groups is 4. The predicted molar refractivity (Wildman–Crippen MR) is 155 cm³/mol. The van der Waals surface area contributed by atoms with Gasteiger partial charge < -0.3 is 38.2 Å².